The summed E-state index contributed by atoms with van der Waals surface area (Å²) in [7, 11) is 0. The molecule has 0 aliphatic carbocycles. The molecule has 6 nitrogen and oxygen atoms in total. The van der Waals surface area contributed by atoms with Crippen molar-refractivity contribution in [1.82, 2.24) is 9.97 Å². The van der Waals surface area contributed by atoms with Crippen LogP contribution < -0.4 is 16.0 Å². The third-order valence-corrected chi connectivity index (χ3v) is 4.54. The number of nitrogens with one attached hydrogen (secondary N) is 3. The first-order valence-corrected chi connectivity index (χ1v) is 9.65. The fourth-order valence-electron chi connectivity index (χ4n) is 2.63. The minimum atomic E-state index is -4.50. The summed E-state index contributed by atoms with van der Waals surface area (Å²) in [5.41, 5.74) is 1.16. The van der Waals surface area contributed by atoms with E-state index in [-0.39, 0.29) is 16.7 Å². The highest BCUT2D eigenvalue weighted by Gasteiger charge is 2.31. The van der Waals surface area contributed by atoms with E-state index in [9.17, 15) is 18.0 Å². The lowest BCUT2D eigenvalue weighted by Crippen LogP contribution is -2.18. The molecule has 0 saturated carbocycles. The van der Waals surface area contributed by atoms with Crippen molar-refractivity contribution in [3.05, 3.63) is 76.6 Å². The van der Waals surface area contributed by atoms with Gasteiger partial charge in [0.1, 0.15) is 11.6 Å². The van der Waals surface area contributed by atoms with Crippen LogP contribution in [0, 0.1) is 6.92 Å². The Morgan fingerprint density at radius 2 is 1.71 bits per heavy atom. The molecule has 10 heteroatoms. The van der Waals surface area contributed by atoms with Gasteiger partial charge in [-0.25, -0.2) is 9.97 Å². The van der Waals surface area contributed by atoms with E-state index in [0.29, 0.717) is 30.2 Å². The summed E-state index contributed by atoms with van der Waals surface area (Å²) >= 11 is 5.88. The van der Waals surface area contributed by atoms with Crippen molar-refractivity contribution < 1.29 is 18.0 Å². The quantitative estimate of drug-likeness (QED) is 0.430. The molecule has 3 N–H and O–H groups in total. The Labute approximate surface area is 181 Å². The molecule has 0 spiro atoms. The van der Waals surface area contributed by atoms with E-state index in [1.54, 1.807) is 30.5 Å². The van der Waals surface area contributed by atoms with Crippen molar-refractivity contribution in [3.63, 3.8) is 0 Å². The van der Waals surface area contributed by atoms with Crippen molar-refractivity contribution >= 4 is 34.8 Å². The summed E-state index contributed by atoms with van der Waals surface area (Å²) in [6, 6.07) is 11.4. The first-order valence-electron chi connectivity index (χ1n) is 9.27. The number of hydrogen-bond acceptors (Lipinski definition) is 5. The fraction of sp³-hybridized carbons (Fsp3) is 0.190. The van der Waals surface area contributed by atoms with Crippen molar-refractivity contribution in [2.45, 2.75) is 13.1 Å². The number of carbonyl (C=O) groups is 1. The smallest absolute Gasteiger partial charge is 0.367 e. The zero-order valence-corrected chi connectivity index (χ0v) is 17.2. The van der Waals surface area contributed by atoms with Crippen molar-refractivity contribution in [2.75, 3.05) is 29.0 Å². The molecule has 0 aliphatic heterocycles. The van der Waals surface area contributed by atoms with Gasteiger partial charge in [-0.15, -0.1) is 0 Å². The number of rotatable bonds is 7. The highest BCUT2D eigenvalue weighted by Crippen LogP contribution is 2.32. The molecule has 1 aromatic carbocycles. The molecule has 0 fully saturated rings. The van der Waals surface area contributed by atoms with Gasteiger partial charge in [0.25, 0.3) is 5.91 Å². The minimum absolute atomic E-state index is 0.126. The summed E-state index contributed by atoms with van der Waals surface area (Å²) in [5, 5.41) is 8.61. The number of alkyl halides is 3. The summed E-state index contributed by atoms with van der Waals surface area (Å²) in [6.07, 6.45) is -2.21. The SMILES string of the molecule is Cc1ccc(C(=O)Nc2cccnc2NCCNc2ncc(C(F)(F)F)cc2Cl)cc1. The molecule has 0 saturated heterocycles. The number of anilines is 3. The van der Waals surface area contributed by atoms with Crippen LogP contribution in [0.15, 0.2) is 54.9 Å². The van der Waals surface area contributed by atoms with Gasteiger partial charge in [-0.3, -0.25) is 4.79 Å². The van der Waals surface area contributed by atoms with Gasteiger partial charge < -0.3 is 16.0 Å². The van der Waals surface area contributed by atoms with Crippen LogP contribution in [0.25, 0.3) is 0 Å². The lowest BCUT2D eigenvalue weighted by Gasteiger charge is -2.13. The lowest BCUT2D eigenvalue weighted by atomic mass is 10.1. The first kappa shape index (κ1) is 22.4. The number of aryl methyl sites for hydroxylation is 1. The van der Waals surface area contributed by atoms with E-state index >= 15 is 0 Å². The molecular formula is C21H19ClF3N5O. The molecule has 2 heterocycles. The van der Waals surface area contributed by atoms with Crippen LogP contribution in [0.2, 0.25) is 5.02 Å². The Hall–Kier alpha value is -3.33. The standard InChI is InChI=1S/C21H19ClF3N5O/c1-13-4-6-14(7-5-13)20(31)30-17-3-2-8-26-19(17)28-10-9-27-18-16(22)11-15(12-29-18)21(23,24)25/h2-8,11-12H,9-10H2,1H3,(H,26,28)(H,27,29)(H,30,31). The maximum absolute atomic E-state index is 12.7. The third-order valence-electron chi connectivity index (χ3n) is 4.25. The number of aromatic nitrogens is 2. The summed E-state index contributed by atoms with van der Waals surface area (Å²) in [4.78, 5) is 20.4. The molecule has 0 aliphatic rings. The zero-order valence-electron chi connectivity index (χ0n) is 16.4. The molecule has 3 aromatic rings. The van der Waals surface area contributed by atoms with Gasteiger partial charge in [-0.05, 0) is 37.3 Å². The van der Waals surface area contributed by atoms with Crippen molar-refractivity contribution in [1.29, 1.82) is 0 Å². The van der Waals surface area contributed by atoms with E-state index in [1.165, 1.54) is 0 Å². The Bertz CT molecular complexity index is 1060. The number of amides is 1. The molecule has 2 aromatic heterocycles. The zero-order chi connectivity index (χ0) is 22.4. The summed E-state index contributed by atoms with van der Waals surface area (Å²) in [5.74, 6) is 0.330. The van der Waals surface area contributed by atoms with Crippen LogP contribution in [0.1, 0.15) is 21.5 Å². The van der Waals surface area contributed by atoms with E-state index in [0.717, 1.165) is 17.8 Å². The monoisotopic (exact) mass is 449 g/mol. The molecule has 3 rings (SSSR count). The van der Waals surface area contributed by atoms with Gasteiger partial charge in [0.2, 0.25) is 0 Å². The maximum Gasteiger partial charge on any atom is 0.417 e. The normalized spacial score (nSPS) is 11.1. The molecule has 31 heavy (non-hydrogen) atoms. The van der Waals surface area contributed by atoms with Crippen LogP contribution in [-0.2, 0) is 6.18 Å². The molecule has 0 radical (unpaired) electrons. The highest BCUT2D eigenvalue weighted by atomic mass is 35.5. The largest absolute Gasteiger partial charge is 0.417 e. The Kier molecular flexibility index (Phi) is 6.96. The molecule has 0 atom stereocenters. The number of hydrogen-bond donors (Lipinski definition) is 3. The van der Waals surface area contributed by atoms with Crippen molar-refractivity contribution in [3.8, 4) is 0 Å². The minimum Gasteiger partial charge on any atom is -0.367 e. The summed E-state index contributed by atoms with van der Waals surface area (Å²) < 4.78 is 38.0. The second-order valence-electron chi connectivity index (χ2n) is 6.63. The Morgan fingerprint density at radius 3 is 2.35 bits per heavy atom. The number of pyridine rings is 2. The molecule has 162 valence electrons. The highest BCUT2D eigenvalue weighted by molar-refractivity contribution is 6.32. The Morgan fingerprint density at radius 1 is 1.03 bits per heavy atom. The van der Waals surface area contributed by atoms with Gasteiger partial charge in [-0.2, -0.15) is 13.2 Å². The van der Waals surface area contributed by atoms with Gasteiger partial charge >= 0.3 is 6.18 Å². The molecule has 1 amide bonds. The number of halogens is 4. The molecular weight excluding hydrogens is 431 g/mol. The van der Waals surface area contributed by atoms with Gasteiger partial charge in [0, 0.05) is 31.0 Å². The number of nitrogens with zero attached hydrogens (tertiary/aromatic N) is 2. The third kappa shape index (κ3) is 6.08. The van der Waals surface area contributed by atoms with Crippen molar-refractivity contribution in [2.24, 2.45) is 0 Å². The number of benzene rings is 1. The van der Waals surface area contributed by atoms with E-state index < -0.39 is 11.7 Å². The topological polar surface area (TPSA) is 78.9 Å². The number of carbonyl (C=O) groups excluding carboxylic acids is 1. The summed E-state index contributed by atoms with van der Waals surface area (Å²) in [6.45, 7) is 2.59. The predicted octanol–water partition coefficient (Wildman–Crippen LogP) is 5.23. The predicted molar refractivity (Wildman–Crippen MR) is 115 cm³/mol. The van der Waals surface area contributed by atoms with Gasteiger partial charge in [-0.1, -0.05) is 29.3 Å². The van der Waals surface area contributed by atoms with Crippen LogP contribution in [0.5, 0.6) is 0 Å². The van der Waals surface area contributed by atoms with Crippen LogP contribution >= 0.6 is 11.6 Å². The molecule has 0 unspecified atom stereocenters. The van der Waals surface area contributed by atoms with Crippen LogP contribution in [-0.4, -0.2) is 29.0 Å². The lowest BCUT2D eigenvalue weighted by molar-refractivity contribution is -0.137. The average molecular weight is 450 g/mol. The Balaban J connectivity index is 1.57. The first-order chi connectivity index (χ1) is 14.7. The molecule has 0 bridgehead atoms. The van der Waals surface area contributed by atoms with Gasteiger partial charge in [0.15, 0.2) is 0 Å². The second-order valence-corrected chi connectivity index (χ2v) is 7.03. The van der Waals surface area contributed by atoms with Gasteiger partial charge in [0.05, 0.1) is 16.3 Å². The maximum atomic E-state index is 12.7. The second kappa shape index (κ2) is 9.65. The van der Waals surface area contributed by atoms with Crippen LogP contribution in [0.4, 0.5) is 30.5 Å². The van der Waals surface area contributed by atoms with E-state index in [2.05, 4.69) is 25.9 Å². The van der Waals surface area contributed by atoms with E-state index in [1.807, 2.05) is 19.1 Å². The van der Waals surface area contributed by atoms with E-state index in [4.69, 9.17) is 11.6 Å². The van der Waals surface area contributed by atoms with Crippen LogP contribution in [0.3, 0.4) is 0 Å². The average Bonchev–Trinajstić information content (AvgIpc) is 2.73. The fourth-order valence-corrected chi connectivity index (χ4v) is 2.86.